The summed E-state index contributed by atoms with van der Waals surface area (Å²) >= 11 is 0. The smallest absolute Gasteiger partial charge is 0.381 e. The zero-order chi connectivity index (χ0) is 26.0. The molecule has 5 rings (SSSR count). The molecule has 2 aliphatic heterocycles. The summed E-state index contributed by atoms with van der Waals surface area (Å²) in [4.78, 5) is 26.5. The van der Waals surface area contributed by atoms with Crippen LogP contribution in [0.4, 0.5) is 19.0 Å². The highest BCUT2D eigenvalue weighted by Gasteiger charge is 2.32. The topological polar surface area (TPSA) is 58.6 Å². The molecule has 0 N–H and O–H groups in total. The van der Waals surface area contributed by atoms with Gasteiger partial charge in [-0.3, -0.25) is 4.79 Å². The first-order valence-corrected chi connectivity index (χ1v) is 12.5. The van der Waals surface area contributed by atoms with Gasteiger partial charge in [0.25, 0.3) is 0 Å². The zero-order valence-electron chi connectivity index (χ0n) is 20.7. The van der Waals surface area contributed by atoms with Crippen LogP contribution in [0, 0.1) is 12.8 Å². The van der Waals surface area contributed by atoms with E-state index >= 15 is 0 Å². The van der Waals surface area contributed by atoms with Gasteiger partial charge in [0.1, 0.15) is 5.82 Å². The number of ether oxygens (including phenoxy) is 1. The fourth-order valence-corrected chi connectivity index (χ4v) is 4.95. The molecule has 6 nitrogen and oxygen atoms in total. The first kappa shape index (κ1) is 25.2. The van der Waals surface area contributed by atoms with Crippen LogP contribution in [0.5, 0.6) is 0 Å². The number of carbonyl (C=O) groups excluding carboxylic acids is 1. The lowest BCUT2D eigenvalue weighted by Gasteiger charge is -2.37. The van der Waals surface area contributed by atoms with Gasteiger partial charge in [0, 0.05) is 56.0 Å². The highest BCUT2D eigenvalue weighted by Crippen LogP contribution is 2.32. The number of piperazine rings is 1. The summed E-state index contributed by atoms with van der Waals surface area (Å²) in [5.41, 5.74) is 2.26. The summed E-state index contributed by atoms with van der Waals surface area (Å²) in [7, 11) is 0. The van der Waals surface area contributed by atoms with Crippen LogP contribution in [0.15, 0.2) is 54.6 Å². The summed E-state index contributed by atoms with van der Waals surface area (Å²) in [6, 6.07) is 15.0. The standard InChI is InChI=1S/C28H29F3N4O2/c1-19-24(17-20-6-5-9-23(16-20)28(29,30)31)26(33-25(32-19)21-7-3-2-4-8-21)34-11-13-35(14-12-34)27(36)22-10-15-37-18-22/h2-9,16,22H,10-15,17-18H2,1H3. The van der Waals surface area contributed by atoms with Crippen molar-refractivity contribution in [3.63, 3.8) is 0 Å². The molecule has 1 aromatic heterocycles. The van der Waals surface area contributed by atoms with Crippen molar-refractivity contribution in [2.24, 2.45) is 5.92 Å². The Morgan fingerprint density at radius 2 is 1.78 bits per heavy atom. The summed E-state index contributed by atoms with van der Waals surface area (Å²) in [5, 5.41) is 0. The van der Waals surface area contributed by atoms with Gasteiger partial charge in [0.05, 0.1) is 18.1 Å². The summed E-state index contributed by atoms with van der Waals surface area (Å²) in [6.07, 6.45) is -3.38. The van der Waals surface area contributed by atoms with E-state index in [2.05, 4.69) is 4.90 Å². The Morgan fingerprint density at radius 1 is 1.03 bits per heavy atom. The van der Waals surface area contributed by atoms with E-state index in [1.807, 2.05) is 42.2 Å². The van der Waals surface area contributed by atoms with Gasteiger partial charge in [-0.2, -0.15) is 13.2 Å². The molecule has 2 fully saturated rings. The van der Waals surface area contributed by atoms with Crippen LogP contribution in [0.2, 0.25) is 0 Å². The molecule has 0 aliphatic carbocycles. The van der Waals surface area contributed by atoms with Crippen molar-refractivity contribution in [3.05, 3.63) is 77.0 Å². The van der Waals surface area contributed by atoms with Gasteiger partial charge in [0.15, 0.2) is 5.82 Å². The minimum absolute atomic E-state index is 0.0750. The third kappa shape index (κ3) is 5.61. The minimum atomic E-state index is -4.41. The summed E-state index contributed by atoms with van der Waals surface area (Å²) < 4.78 is 45.4. The highest BCUT2D eigenvalue weighted by molar-refractivity contribution is 5.79. The number of carbonyl (C=O) groups is 1. The van der Waals surface area contributed by atoms with Crippen LogP contribution in [-0.2, 0) is 22.1 Å². The number of halogens is 3. The molecule has 2 saturated heterocycles. The zero-order valence-corrected chi connectivity index (χ0v) is 20.7. The number of amides is 1. The van der Waals surface area contributed by atoms with Gasteiger partial charge in [-0.05, 0) is 25.0 Å². The fourth-order valence-electron chi connectivity index (χ4n) is 4.95. The van der Waals surface area contributed by atoms with Crippen molar-refractivity contribution in [2.45, 2.75) is 25.9 Å². The van der Waals surface area contributed by atoms with Gasteiger partial charge >= 0.3 is 6.18 Å². The Bertz CT molecular complexity index is 1250. The molecular weight excluding hydrogens is 481 g/mol. The molecular formula is C28H29F3N4O2. The lowest BCUT2D eigenvalue weighted by atomic mass is 10.0. The Hall–Kier alpha value is -3.46. The van der Waals surface area contributed by atoms with Crippen molar-refractivity contribution < 1.29 is 22.7 Å². The minimum Gasteiger partial charge on any atom is -0.381 e. The molecule has 9 heteroatoms. The third-order valence-corrected chi connectivity index (χ3v) is 7.03. The number of alkyl halides is 3. The number of hydrogen-bond donors (Lipinski definition) is 0. The number of rotatable bonds is 5. The fraction of sp³-hybridized carbons (Fsp3) is 0.393. The van der Waals surface area contributed by atoms with E-state index < -0.39 is 11.7 Å². The summed E-state index contributed by atoms with van der Waals surface area (Å²) in [6.45, 7) is 5.26. The Labute approximate surface area is 214 Å². The average molecular weight is 511 g/mol. The average Bonchev–Trinajstić information content (AvgIpc) is 3.45. The van der Waals surface area contributed by atoms with Crippen LogP contribution < -0.4 is 4.90 Å². The molecule has 0 saturated carbocycles. The normalized spacial score (nSPS) is 18.3. The number of anilines is 1. The largest absolute Gasteiger partial charge is 0.416 e. The number of aryl methyl sites for hydroxylation is 1. The molecule has 3 aromatic rings. The van der Waals surface area contributed by atoms with E-state index in [9.17, 15) is 18.0 Å². The van der Waals surface area contributed by atoms with Gasteiger partial charge in [-0.15, -0.1) is 0 Å². The second-order valence-corrected chi connectivity index (χ2v) is 9.55. The van der Waals surface area contributed by atoms with Crippen LogP contribution in [0.1, 0.15) is 28.8 Å². The van der Waals surface area contributed by atoms with E-state index in [1.165, 1.54) is 12.1 Å². The van der Waals surface area contributed by atoms with E-state index in [1.54, 1.807) is 6.07 Å². The Kier molecular flexibility index (Phi) is 7.15. The van der Waals surface area contributed by atoms with E-state index in [-0.39, 0.29) is 18.2 Å². The first-order chi connectivity index (χ1) is 17.8. The van der Waals surface area contributed by atoms with Gasteiger partial charge in [-0.25, -0.2) is 9.97 Å². The van der Waals surface area contributed by atoms with Gasteiger partial charge in [0.2, 0.25) is 5.91 Å². The highest BCUT2D eigenvalue weighted by atomic mass is 19.4. The third-order valence-electron chi connectivity index (χ3n) is 7.03. The molecule has 1 amide bonds. The number of hydrogen-bond acceptors (Lipinski definition) is 5. The Balaban J connectivity index is 1.45. The molecule has 2 aliphatic rings. The molecule has 37 heavy (non-hydrogen) atoms. The second kappa shape index (κ2) is 10.5. The first-order valence-electron chi connectivity index (χ1n) is 12.5. The molecule has 1 atom stereocenters. The maximum Gasteiger partial charge on any atom is 0.416 e. The van der Waals surface area contributed by atoms with Crippen molar-refractivity contribution in [1.82, 2.24) is 14.9 Å². The van der Waals surface area contributed by atoms with Crippen LogP contribution in [0.25, 0.3) is 11.4 Å². The molecule has 2 aromatic carbocycles. The SMILES string of the molecule is Cc1nc(-c2ccccc2)nc(N2CCN(C(=O)C3CCOC3)CC2)c1Cc1cccc(C(F)(F)F)c1. The van der Waals surface area contributed by atoms with Crippen molar-refractivity contribution in [3.8, 4) is 11.4 Å². The van der Waals surface area contributed by atoms with Crippen molar-refractivity contribution in [2.75, 3.05) is 44.3 Å². The predicted molar refractivity (Wildman–Crippen MR) is 134 cm³/mol. The van der Waals surface area contributed by atoms with E-state index in [4.69, 9.17) is 14.7 Å². The Morgan fingerprint density at radius 3 is 2.46 bits per heavy atom. The number of benzene rings is 2. The molecule has 194 valence electrons. The molecule has 0 radical (unpaired) electrons. The quantitative estimate of drug-likeness (QED) is 0.496. The molecule has 3 heterocycles. The lowest BCUT2D eigenvalue weighted by molar-refractivity contribution is -0.137. The van der Waals surface area contributed by atoms with Crippen LogP contribution >= 0.6 is 0 Å². The van der Waals surface area contributed by atoms with E-state index in [0.29, 0.717) is 56.6 Å². The van der Waals surface area contributed by atoms with Crippen molar-refractivity contribution >= 4 is 11.7 Å². The second-order valence-electron chi connectivity index (χ2n) is 9.55. The van der Waals surface area contributed by atoms with Crippen LogP contribution in [0.3, 0.4) is 0 Å². The monoisotopic (exact) mass is 510 g/mol. The number of aromatic nitrogens is 2. The van der Waals surface area contributed by atoms with Gasteiger partial charge in [-0.1, -0.05) is 48.5 Å². The number of nitrogens with zero attached hydrogens (tertiary/aromatic N) is 4. The van der Waals surface area contributed by atoms with E-state index in [0.717, 1.165) is 29.3 Å². The van der Waals surface area contributed by atoms with Crippen molar-refractivity contribution in [1.29, 1.82) is 0 Å². The lowest BCUT2D eigenvalue weighted by Crippen LogP contribution is -2.51. The molecule has 0 bridgehead atoms. The summed E-state index contributed by atoms with van der Waals surface area (Å²) in [5.74, 6) is 1.33. The maximum absolute atomic E-state index is 13.3. The molecule has 0 spiro atoms. The maximum atomic E-state index is 13.3. The van der Waals surface area contributed by atoms with Gasteiger partial charge < -0.3 is 14.5 Å². The molecule has 1 unspecified atom stereocenters. The van der Waals surface area contributed by atoms with Crippen LogP contribution in [-0.4, -0.2) is 60.2 Å². The predicted octanol–water partition coefficient (Wildman–Crippen LogP) is 4.75.